The van der Waals surface area contributed by atoms with Crippen molar-refractivity contribution >= 4 is 21.8 Å². The van der Waals surface area contributed by atoms with Crippen molar-refractivity contribution in [3.8, 4) is 5.75 Å². The standard InChI is InChI=1S/C39H50N4O6S/c1-4-43(36(44)34(41-37(45)38(2,3)40)28-48-27-29-16-8-5-9-17-29)26-33-35(50(46,47)42-39(33)24-12-7-13-25-39)30-18-14-22-32(23-15-19-30)49-31-20-10-6-11-21-31/h5-6,8-11,14,16-22,34,42H,4,7,12-13,15,23-28,40H2,1-3H3,(H,41,45)/b18-14-,30-19+,32-22-. The molecule has 5 rings (SSSR count). The molecule has 2 aromatic rings. The van der Waals surface area contributed by atoms with Gasteiger partial charge in [-0.25, -0.2) is 13.1 Å². The average molecular weight is 703 g/mol. The molecule has 2 aliphatic carbocycles. The van der Waals surface area contributed by atoms with E-state index >= 15 is 0 Å². The van der Waals surface area contributed by atoms with E-state index in [1.54, 1.807) is 18.7 Å². The second-order valence-corrected chi connectivity index (χ2v) is 15.4. The minimum absolute atomic E-state index is 0.0761. The van der Waals surface area contributed by atoms with Crippen LogP contribution in [0.4, 0.5) is 0 Å². The Labute approximate surface area is 296 Å². The lowest BCUT2D eigenvalue weighted by Gasteiger charge is -2.38. The Morgan fingerprint density at radius 1 is 1.04 bits per heavy atom. The van der Waals surface area contributed by atoms with Gasteiger partial charge in [0.1, 0.15) is 17.6 Å². The molecule has 2 amide bonds. The van der Waals surface area contributed by atoms with Crippen LogP contribution in [0.15, 0.2) is 107 Å². The predicted octanol–water partition coefficient (Wildman–Crippen LogP) is 5.40. The zero-order chi connectivity index (χ0) is 35.8. The highest BCUT2D eigenvalue weighted by molar-refractivity contribution is 7.94. The second-order valence-electron chi connectivity index (χ2n) is 13.8. The van der Waals surface area contributed by atoms with E-state index in [4.69, 9.17) is 15.2 Å². The number of hydrogen-bond donors (Lipinski definition) is 3. The Kier molecular flexibility index (Phi) is 12.2. The first-order valence-electron chi connectivity index (χ1n) is 17.5. The molecule has 0 bridgehead atoms. The predicted molar refractivity (Wildman–Crippen MR) is 195 cm³/mol. The first kappa shape index (κ1) is 37.2. The number of sulfonamides is 1. The molecule has 11 heteroatoms. The maximum absolute atomic E-state index is 14.3. The van der Waals surface area contributed by atoms with E-state index < -0.39 is 33.1 Å². The zero-order valence-corrected chi connectivity index (χ0v) is 30.1. The van der Waals surface area contributed by atoms with Crippen LogP contribution in [0, 0.1) is 0 Å². The number of carbonyl (C=O) groups excluding carboxylic acids is 2. The number of para-hydroxylation sites is 1. The van der Waals surface area contributed by atoms with Crippen molar-refractivity contribution in [1.82, 2.24) is 14.9 Å². The average Bonchev–Trinajstić information content (AvgIpc) is 3.28. The monoisotopic (exact) mass is 702 g/mol. The number of allylic oxidation sites excluding steroid dienone is 6. The molecule has 1 saturated carbocycles. The minimum atomic E-state index is -3.91. The van der Waals surface area contributed by atoms with Gasteiger partial charge in [-0.3, -0.25) is 9.59 Å². The SMILES string of the molecule is CCN(CC1=C(C2=C/CC/C(Oc3ccccc3)=C/C=C\2)S(=O)(=O)NC12CCCCC2)C(=O)C(COCc1ccccc1)NC(=O)C(C)(C)N. The summed E-state index contributed by atoms with van der Waals surface area (Å²) in [6.45, 7) is 5.56. The molecule has 10 nitrogen and oxygen atoms in total. The summed E-state index contributed by atoms with van der Waals surface area (Å²) >= 11 is 0. The Morgan fingerprint density at radius 2 is 1.72 bits per heavy atom. The van der Waals surface area contributed by atoms with Crippen LogP contribution in [0.25, 0.3) is 0 Å². The third-order valence-electron chi connectivity index (χ3n) is 9.35. The van der Waals surface area contributed by atoms with Gasteiger partial charge in [0, 0.05) is 19.5 Å². The number of benzene rings is 2. The van der Waals surface area contributed by atoms with Crippen LogP contribution in [0.5, 0.6) is 5.75 Å². The maximum atomic E-state index is 14.3. The van der Waals surface area contributed by atoms with E-state index in [2.05, 4.69) is 10.0 Å². The number of amides is 2. The molecule has 1 aliphatic heterocycles. The van der Waals surface area contributed by atoms with Crippen LogP contribution in [-0.2, 0) is 31.0 Å². The fourth-order valence-corrected chi connectivity index (χ4v) is 8.67. The maximum Gasteiger partial charge on any atom is 0.247 e. The van der Waals surface area contributed by atoms with Gasteiger partial charge in [-0.1, -0.05) is 86.0 Å². The summed E-state index contributed by atoms with van der Waals surface area (Å²) < 4.78 is 43.2. The number of nitrogens with two attached hydrogens (primary N) is 1. The second kappa shape index (κ2) is 16.3. The molecule has 0 radical (unpaired) electrons. The van der Waals surface area contributed by atoms with E-state index in [0.29, 0.717) is 43.4 Å². The van der Waals surface area contributed by atoms with E-state index in [9.17, 15) is 18.0 Å². The summed E-state index contributed by atoms with van der Waals surface area (Å²) in [5, 5.41) is 2.81. The molecular formula is C39H50N4O6S. The third-order valence-corrected chi connectivity index (χ3v) is 11.0. The first-order chi connectivity index (χ1) is 23.9. The lowest BCUT2D eigenvalue weighted by atomic mass is 9.76. The quantitative estimate of drug-likeness (QED) is 0.254. The van der Waals surface area contributed by atoms with Gasteiger partial charge in [0.05, 0.1) is 29.2 Å². The molecule has 3 aliphatic rings. The fourth-order valence-electron chi connectivity index (χ4n) is 6.68. The van der Waals surface area contributed by atoms with Crippen molar-refractivity contribution in [1.29, 1.82) is 0 Å². The summed E-state index contributed by atoms with van der Waals surface area (Å²) in [4.78, 5) is 29.2. The van der Waals surface area contributed by atoms with Crippen LogP contribution in [-0.4, -0.2) is 61.9 Å². The van der Waals surface area contributed by atoms with Crippen molar-refractivity contribution < 1.29 is 27.5 Å². The first-order valence-corrected chi connectivity index (χ1v) is 19.0. The highest BCUT2D eigenvalue weighted by Crippen LogP contribution is 2.45. The molecule has 0 aromatic heterocycles. The van der Waals surface area contributed by atoms with E-state index in [0.717, 1.165) is 36.3 Å². The number of hydrogen-bond acceptors (Lipinski definition) is 7. The summed E-state index contributed by atoms with van der Waals surface area (Å²) in [6.07, 6.45) is 12.6. The van der Waals surface area contributed by atoms with Crippen molar-refractivity contribution in [3.63, 3.8) is 0 Å². The summed E-state index contributed by atoms with van der Waals surface area (Å²) in [5.74, 6) is 0.660. The number of nitrogens with one attached hydrogen (secondary N) is 2. The number of carbonyl (C=O) groups is 2. The molecule has 2 aromatic carbocycles. The van der Waals surface area contributed by atoms with Crippen LogP contribution in [0.2, 0.25) is 0 Å². The van der Waals surface area contributed by atoms with Crippen LogP contribution < -0.4 is 20.5 Å². The summed E-state index contributed by atoms with van der Waals surface area (Å²) in [6, 6.07) is 18.1. The minimum Gasteiger partial charge on any atom is -0.462 e. The molecule has 1 heterocycles. The van der Waals surface area contributed by atoms with Crippen molar-refractivity contribution in [3.05, 3.63) is 112 Å². The highest BCUT2D eigenvalue weighted by Gasteiger charge is 2.50. The Morgan fingerprint density at radius 3 is 2.38 bits per heavy atom. The summed E-state index contributed by atoms with van der Waals surface area (Å²) in [7, 11) is -3.91. The van der Waals surface area contributed by atoms with Gasteiger partial charge < -0.3 is 25.4 Å². The Hall–Kier alpha value is -4.03. The molecule has 1 fully saturated rings. The van der Waals surface area contributed by atoms with Crippen LogP contribution >= 0.6 is 0 Å². The van der Waals surface area contributed by atoms with Crippen molar-refractivity contribution in [2.45, 2.75) is 89.4 Å². The van der Waals surface area contributed by atoms with Gasteiger partial charge in [0.15, 0.2) is 0 Å². The molecular weight excluding hydrogens is 653 g/mol. The van der Waals surface area contributed by atoms with Gasteiger partial charge in [-0.2, -0.15) is 0 Å². The fraction of sp³-hybridized carbons (Fsp3) is 0.436. The topological polar surface area (TPSA) is 140 Å². The normalized spacial score (nSPS) is 21.9. The lowest BCUT2D eigenvalue weighted by Crippen LogP contribution is -2.58. The summed E-state index contributed by atoms with van der Waals surface area (Å²) in [5.41, 5.74) is 6.29. The van der Waals surface area contributed by atoms with Crippen LogP contribution in [0.3, 0.4) is 0 Å². The lowest BCUT2D eigenvalue weighted by molar-refractivity contribution is -0.139. The Bertz CT molecular complexity index is 1740. The van der Waals surface area contributed by atoms with Gasteiger partial charge in [0.2, 0.25) is 21.8 Å². The Balaban J connectivity index is 1.46. The van der Waals surface area contributed by atoms with E-state index in [1.165, 1.54) is 0 Å². The molecule has 4 N–H and O–H groups in total. The van der Waals surface area contributed by atoms with Gasteiger partial charge in [-0.05, 0) is 75.0 Å². The molecule has 268 valence electrons. The van der Waals surface area contributed by atoms with Gasteiger partial charge >= 0.3 is 0 Å². The number of ether oxygens (including phenoxy) is 2. The molecule has 1 spiro atoms. The smallest absolute Gasteiger partial charge is 0.247 e. The largest absolute Gasteiger partial charge is 0.462 e. The molecule has 0 saturated heterocycles. The number of likely N-dealkylation sites (N-methyl/N-ethyl adjacent to an activating group) is 1. The number of nitrogens with zero attached hydrogens (tertiary/aromatic N) is 1. The van der Waals surface area contributed by atoms with Crippen LogP contribution in [0.1, 0.15) is 71.3 Å². The van der Waals surface area contributed by atoms with Gasteiger partial charge in [0.25, 0.3) is 0 Å². The van der Waals surface area contributed by atoms with Gasteiger partial charge in [-0.15, -0.1) is 0 Å². The molecule has 1 unspecified atom stereocenters. The zero-order valence-electron chi connectivity index (χ0n) is 29.3. The third kappa shape index (κ3) is 9.19. The van der Waals surface area contributed by atoms with Crippen molar-refractivity contribution in [2.75, 3.05) is 19.7 Å². The van der Waals surface area contributed by atoms with Crippen molar-refractivity contribution in [2.24, 2.45) is 5.73 Å². The molecule has 1 atom stereocenters. The number of rotatable bonds is 13. The highest BCUT2D eigenvalue weighted by atomic mass is 32.2. The van der Waals surface area contributed by atoms with E-state index in [-0.39, 0.29) is 30.6 Å². The van der Waals surface area contributed by atoms with E-state index in [1.807, 2.05) is 91.9 Å². The molecule has 50 heavy (non-hydrogen) atoms.